The molecule has 2 aromatic carbocycles. The largest absolute Gasteiger partial charge is 0.496 e. The number of methoxy groups -OCH3 is 1. The van der Waals surface area contributed by atoms with E-state index >= 15 is 0 Å². The van der Waals surface area contributed by atoms with Crippen LogP contribution in [0.4, 0.5) is 14.5 Å². The minimum atomic E-state index is -0.902. The van der Waals surface area contributed by atoms with Crippen LogP contribution in [0.5, 0.6) is 5.75 Å². The van der Waals surface area contributed by atoms with Crippen LogP contribution in [0.25, 0.3) is 11.3 Å². The van der Waals surface area contributed by atoms with Crippen LogP contribution in [-0.2, 0) is 11.3 Å². The first kappa shape index (κ1) is 18.2. The van der Waals surface area contributed by atoms with E-state index in [1.165, 1.54) is 19.5 Å². The van der Waals surface area contributed by atoms with Crippen molar-refractivity contribution in [2.45, 2.75) is 6.54 Å². The maximum Gasteiger partial charge on any atom is 0.254 e. The van der Waals surface area contributed by atoms with Gasteiger partial charge in [0.25, 0.3) is 5.56 Å². The van der Waals surface area contributed by atoms with Crippen molar-refractivity contribution in [3.8, 4) is 17.0 Å². The lowest BCUT2D eigenvalue weighted by Gasteiger charge is -2.10. The summed E-state index contributed by atoms with van der Waals surface area (Å²) in [6.07, 6.45) is 1.23. The third-order valence-corrected chi connectivity index (χ3v) is 3.78. The van der Waals surface area contributed by atoms with Crippen LogP contribution in [0.2, 0.25) is 0 Å². The van der Waals surface area contributed by atoms with Crippen LogP contribution in [0.3, 0.4) is 0 Å². The minimum absolute atomic E-state index is 0.173. The van der Waals surface area contributed by atoms with Crippen molar-refractivity contribution in [2.75, 3.05) is 12.4 Å². The summed E-state index contributed by atoms with van der Waals surface area (Å²) in [5.41, 5.74) is 0.412. The Morgan fingerprint density at radius 3 is 2.67 bits per heavy atom. The number of halogens is 2. The molecular weight excluding hydrogens is 356 g/mol. The molecule has 3 aromatic rings. The highest BCUT2D eigenvalue weighted by Crippen LogP contribution is 2.26. The molecule has 0 bridgehead atoms. The topological polar surface area (TPSA) is 73.2 Å². The van der Waals surface area contributed by atoms with Gasteiger partial charge < -0.3 is 10.1 Å². The summed E-state index contributed by atoms with van der Waals surface area (Å²) in [5, 5.41) is 2.29. The van der Waals surface area contributed by atoms with Gasteiger partial charge in [-0.15, -0.1) is 0 Å². The van der Waals surface area contributed by atoms with E-state index in [2.05, 4.69) is 10.3 Å². The number of para-hydroxylation sites is 1. The Morgan fingerprint density at radius 2 is 1.96 bits per heavy atom. The highest BCUT2D eigenvalue weighted by molar-refractivity contribution is 5.90. The molecule has 0 saturated heterocycles. The highest BCUT2D eigenvalue weighted by Gasteiger charge is 2.12. The molecule has 0 aliphatic heterocycles. The molecule has 0 saturated carbocycles. The summed E-state index contributed by atoms with van der Waals surface area (Å²) in [4.78, 5) is 28.5. The van der Waals surface area contributed by atoms with Crippen molar-refractivity contribution in [2.24, 2.45) is 0 Å². The molecule has 6 nitrogen and oxygen atoms in total. The summed E-state index contributed by atoms with van der Waals surface area (Å²) < 4.78 is 32.8. The Hall–Kier alpha value is -3.55. The van der Waals surface area contributed by atoms with Gasteiger partial charge in [0.1, 0.15) is 23.9 Å². The minimum Gasteiger partial charge on any atom is -0.496 e. The average molecular weight is 371 g/mol. The zero-order chi connectivity index (χ0) is 19.4. The van der Waals surface area contributed by atoms with Crippen LogP contribution >= 0.6 is 0 Å². The molecule has 8 heteroatoms. The predicted octanol–water partition coefficient (Wildman–Crippen LogP) is 2.84. The summed E-state index contributed by atoms with van der Waals surface area (Å²) in [5.74, 6) is -1.74. The summed E-state index contributed by atoms with van der Waals surface area (Å²) >= 11 is 0. The van der Waals surface area contributed by atoms with Crippen molar-refractivity contribution >= 4 is 11.6 Å². The van der Waals surface area contributed by atoms with Crippen molar-refractivity contribution in [3.63, 3.8) is 0 Å². The Morgan fingerprint density at radius 1 is 1.19 bits per heavy atom. The fraction of sp³-hybridized carbons (Fsp3) is 0.105. The second-order valence-electron chi connectivity index (χ2n) is 5.61. The first-order valence-electron chi connectivity index (χ1n) is 7.92. The molecule has 3 rings (SSSR count). The molecule has 27 heavy (non-hydrogen) atoms. The smallest absolute Gasteiger partial charge is 0.254 e. The molecule has 0 spiro atoms. The maximum atomic E-state index is 13.6. The van der Waals surface area contributed by atoms with Crippen molar-refractivity contribution in [3.05, 3.63) is 76.8 Å². The molecular formula is C19H15F2N3O3. The molecule has 138 valence electrons. The summed E-state index contributed by atoms with van der Waals surface area (Å²) in [6, 6.07) is 11.2. The number of amides is 1. The fourth-order valence-corrected chi connectivity index (χ4v) is 2.48. The molecule has 0 unspecified atom stereocenters. The van der Waals surface area contributed by atoms with Gasteiger partial charge in [0.05, 0.1) is 24.8 Å². The zero-order valence-electron chi connectivity index (χ0n) is 14.3. The molecule has 0 radical (unpaired) electrons. The van der Waals surface area contributed by atoms with Gasteiger partial charge in [-0.3, -0.25) is 14.2 Å². The quantitative estimate of drug-likeness (QED) is 0.749. The van der Waals surface area contributed by atoms with E-state index in [0.29, 0.717) is 23.1 Å². The Balaban J connectivity index is 1.78. The molecule has 0 atom stereocenters. The number of nitrogens with zero attached hydrogens (tertiary/aromatic N) is 2. The number of hydrogen-bond acceptors (Lipinski definition) is 4. The Labute approximate surface area is 153 Å². The van der Waals surface area contributed by atoms with Crippen molar-refractivity contribution < 1.29 is 18.3 Å². The second kappa shape index (κ2) is 7.77. The SMILES string of the molecule is COc1ccccc1-c1cc(=O)n(CC(=O)Nc2ccc(F)cc2F)cn1. The van der Waals surface area contributed by atoms with Crippen molar-refractivity contribution in [1.29, 1.82) is 0 Å². The number of aromatic nitrogens is 2. The number of hydrogen-bond donors (Lipinski definition) is 1. The van der Waals surface area contributed by atoms with Gasteiger partial charge in [-0.25, -0.2) is 13.8 Å². The van der Waals surface area contributed by atoms with Gasteiger partial charge in [-0.2, -0.15) is 0 Å². The lowest BCUT2D eigenvalue weighted by molar-refractivity contribution is -0.116. The van der Waals surface area contributed by atoms with E-state index in [9.17, 15) is 18.4 Å². The first-order valence-corrected chi connectivity index (χ1v) is 7.92. The maximum absolute atomic E-state index is 13.6. The van der Waals surface area contributed by atoms with Gasteiger partial charge in [0.15, 0.2) is 0 Å². The molecule has 0 aliphatic carbocycles. The number of carbonyl (C=O) groups excluding carboxylic acids is 1. The molecule has 1 heterocycles. The van der Waals surface area contributed by atoms with E-state index in [1.807, 2.05) is 0 Å². The summed E-state index contributed by atoms with van der Waals surface area (Å²) in [7, 11) is 1.51. The van der Waals surface area contributed by atoms with Gasteiger partial charge >= 0.3 is 0 Å². The number of benzene rings is 2. The van der Waals surface area contributed by atoms with Crippen LogP contribution in [0, 0.1) is 11.6 Å². The first-order chi connectivity index (χ1) is 13.0. The zero-order valence-corrected chi connectivity index (χ0v) is 14.3. The number of carbonyl (C=O) groups is 1. The second-order valence-corrected chi connectivity index (χ2v) is 5.61. The van der Waals surface area contributed by atoms with E-state index in [0.717, 1.165) is 16.7 Å². The molecule has 1 N–H and O–H groups in total. The van der Waals surface area contributed by atoms with Gasteiger partial charge in [-0.1, -0.05) is 12.1 Å². The monoisotopic (exact) mass is 371 g/mol. The summed E-state index contributed by atoms with van der Waals surface area (Å²) in [6.45, 7) is -0.366. The lowest BCUT2D eigenvalue weighted by Crippen LogP contribution is -2.27. The standard InChI is InChI=1S/C19H15F2N3O3/c1-27-17-5-3-2-4-13(17)16-9-19(26)24(11-22-16)10-18(25)23-15-7-6-12(20)8-14(15)21/h2-9,11H,10H2,1H3,(H,23,25). The van der Waals surface area contributed by atoms with Gasteiger partial charge in [0.2, 0.25) is 5.91 Å². The number of ether oxygens (including phenoxy) is 1. The molecule has 0 aliphatic rings. The van der Waals surface area contributed by atoms with Gasteiger partial charge in [0, 0.05) is 17.7 Å². The predicted molar refractivity (Wildman–Crippen MR) is 95.5 cm³/mol. The van der Waals surface area contributed by atoms with E-state index in [1.54, 1.807) is 24.3 Å². The van der Waals surface area contributed by atoms with Crippen LogP contribution in [0.15, 0.2) is 59.7 Å². The lowest BCUT2D eigenvalue weighted by atomic mass is 10.1. The average Bonchev–Trinajstić information content (AvgIpc) is 2.65. The Bertz CT molecular complexity index is 1050. The van der Waals surface area contributed by atoms with Crippen LogP contribution < -0.4 is 15.6 Å². The van der Waals surface area contributed by atoms with Gasteiger partial charge in [-0.05, 0) is 24.3 Å². The number of rotatable bonds is 5. The van der Waals surface area contributed by atoms with E-state index in [4.69, 9.17) is 4.74 Å². The van der Waals surface area contributed by atoms with Crippen LogP contribution in [0.1, 0.15) is 0 Å². The van der Waals surface area contributed by atoms with Crippen molar-refractivity contribution in [1.82, 2.24) is 9.55 Å². The molecule has 1 aromatic heterocycles. The van der Waals surface area contributed by atoms with Crippen LogP contribution in [-0.4, -0.2) is 22.6 Å². The Kier molecular flexibility index (Phi) is 5.25. The van der Waals surface area contributed by atoms with E-state index < -0.39 is 23.1 Å². The number of anilines is 1. The van der Waals surface area contributed by atoms with E-state index in [-0.39, 0.29) is 12.2 Å². The molecule has 0 fully saturated rings. The molecule has 1 amide bonds. The normalized spacial score (nSPS) is 10.5. The third-order valence-electron chi connectivity index (χ3n) is 3.78. The fourth-order valence-electron chi connectivity index (χ4n) is 2.48. The highest BCUT2D eigenvalue weighted by atomic mass is 19.1. The number of nitrogens with one attached hydrogen (secondary N) is 1. The third kappa shape index (κ3) is 4.17.